The van der Waals surface area contributed by atoms with Crippen molar-refractivity contribution in [1.82, 2.24) is 10.6 Å². The molecule has 0 bridgehead atoms. The molecule has 1 amide bonds. The summed E-state index contributed by atoms with van der Waals surface area (Å²) in [6, 6.07) is 0. The highest BCUT2D eigenvalue weighted by Gasteiger charge is 2.11. The van der Waals surface area contributed by atoms with E-state index in [9.17, 15) is 4.79 Å². The SMILES string of the molecule is CNCCCC(=O)NCC(C)(C)P. The highest BCUT2D eigenvalue weighted by atomic mass is 31.0. The summed E-state index contributed by atoms with van der Waals surface area (Å²) < 4.78 is 0. The van der Waals surface area contributed by atoms with Crippen molar-refractivity contribution in [3.05, 3.63) is 0 Å². The monoisotopic (exact) mass is 204 g/mol. The second-order valence-corrected chi connectivity index (χ2v) is 5.54. The molecule has 0 aliphatic heterocycles. The molecule has 2 N–H and O–H groups in total. The van der Waals surface area contributed by atoms with Crippen LogP contribution in [0, 0.1) is 0 Å². The first kappa shape index (κ1) is 12.9. The normalized spacial score (nSPS) is 11.4. The maximum absolute atomic E-state index is 11.2. The van der Waals surface area contributed by atoms with Crippen LogP contribution < -0.4 is 10.6 Å². The molecule has 0 aromatic rings. The van der Waals surface area contributed by atoms with E-state index in [1.807, 2.05) is 7.05 Å². The van der Waals surface area contributed by atoms with E-state index in [1.165, 1.54) is 0 Å². The van der Waals surface area contributed by atoms with Crippen LogP contribution in [-0.4, -0.2) is 31.2 Å². The van der Waals surface area contributed by atoms with Crippen LogP contribution in [-0.2, 0) is 4.79 Å². The number of nitrogens with one attached hydrogen (secondary N) is 2. The fourth-order valence-electron chi connectivity index (χ4n) is 0.841. The van der Waals surface area contributed by atoms with Crippen LogP contribution in [0.2, 0.25) is 0 Å². The molecule has 1 atom stereocenters. The Morgan fingerprint density at radius 1 is 1.46 bits per heavy atom. The molecule has 0 saturated carbocycles. The van der Waals surface area contributed by atoms with Crippen LogP contribution in [0.1, 0.15) is 26.7 Å². The second kappa shape index (κ2) is 6.33. The quantitative estimate of drug-likeness (QED) is 0.495. The average Bonchev–Trinajstić information content (AvgIpc) is 2.00. The van der Waals surface area contributed by atoms with E-state index in [1.54, 1.807) is 0 Å². The highest BCUT2D eigenvalue weighted by Crippen LogP contribution is 2.13. The molecule has 78 valence electrons. The number of carbonyl (C=O) groups excluding carboxylic acids is 1. The molecule has 0 aliphatic carbocycles. The lowest BCUT2D eigenvalue weighted by Crippen LogP contribution is -2.34. The van der Waals surface area contributed by atoms with Crippen molar-refractivity contribution >= 4 is 15.1 Å². The summed E-state index contributed by atoms with van der Waals surface area (Å²) in [6.07, 6.45) is 1.52. The topological polar surface area (TPSA) is 41.1 Å². The third-order valence-corrected chi connectivity index (χ3v) is 1.78. The number of carbonyl (C=O) groups is 1. The summed E-state index contributed by atoms with van der Waals surface area (Å²) in [4.78, 5) is 11.2. The van der Waals surface area contributed by atoms with Gasteiger partial charge in [0.25, 0.3) is 0 Å². The van der Waals surface area contributed by atoms with Crippen molar-refractivity contribution < 1.29 is 4.79 Å². The van der Waals surface area contributed by atoms with Gasteiger partial charge in [0.05, 0.1) is 0 Å². The minimum atomic E-state index is 0.0959. The van der Waals surface area contributed by atoms with Gasteiger partial charge in [-0.1, -0.05) is 13.8 Å². The predicted molar refractivity (Wildman–Crippen MR) is 60.0 cm³/mol. The number of amides is 1. The highest BCUT2D eigenvalue weighted by molar-refractivity contribution is 7.18. The number of hydrogen-bond acceptors (Lipinski definition) is 2. The molecule has 3 nitrogen and oxygen atoms in total. The molecule has 0 aliphatic rings. The van der Waals surface area contributed by atoms with Gasteiger partial charge in [0.2, 0.25) is 5.91 Å². The third kappa shape index (κ3) is 9.78. The van der Waals surface area contributed by atoms with E-state index in [-0.39, 0.29) is 11.1 Å². The van der Waals surface area contributed by atoms with Crippen LogP contribution in [0.3, 0.4) is 0 Å². The lowest BCUT2D eigenvalue weighted by Gasteiger charge is -2.18. The van der Waals surface area contributed by atoms with Crippen LogP contribution in [0.15, 0.2) is 0 Å². The minimum absolute atomic E-state index is 0.0959. The van der Waals surface area contributed by atoms with Gasteiger partial charge in [0.15, 0.2) is 0 Å². The molecule has 0 saturated heterocycles. The van der Waals surface area contributed by atoms with Gasteiger partial charge in [-0.2, -0.15) is 0 Å². The Morgan fingerprint density at radius 2 is 2.08 bits per heavy atom. The molecule has 0 heterocycles. The van der Waals surface area contributed by atoms with Gasteiger partial charge < -0.3 is 10.6 Å². The fraction of sp³-hybridized carbons (Fsp3) is 0.889. The van der Waals surface area contributed by atoms with Crippen molar-refractivity contribution in [2.75, 3.05) is 20.1 Å². The van der Waals surface area contributed by atoms with E-state index in [0.717, 1.165) is 19.5 Å². The zero-order valence-electron chi connectivity index (χ0n) is 8.81. The first-order valence-corrected chi connectivity index (χ1v) is 5.23. The third-order valence-electron chi connectivity index (χ3n) is 1.57. The van der Waals surface area contributed by atoms with Crippen LogP contribution in [0.25, 0.3) is 0 Å². The standard InChI is InChI=1S/C9H21N2OP/c1-9(2,13)7-11-8(12)5-4-6-10-3/h10H,4-7,13H2,1-3H3,(H,11,12). The summed E-state index contributed by atoms with van der Waals surface area (Å²) in [5.74, 6) is 0.144. The molecule has 1 unspecified atom stereocenters. The van der Waals surface area contributed by atoms with Crippen molar-refractivity contribution in [3.8, 4) is 0 Å². The van der Waals surface area contributed by atoms with Gasteiger partial charge in [-0.05, 0) is 25.2 Å². The molecule has 0 aromatic carbocycles. The second-order valence-electron chi connectivity index (χ2n) is 3.97. The Kier molecular flexibility index (Phi) is 6.27. The van der Waals surface area contributed by atoms with Gasteiger partial charge in [-0.3, -0.25) is 4.79 Å². The first-order chi connectivity index (χ1) is 5.95. The molecule has 4 heteroatoms. The van der Waals surface area contributed by atoms with E-state index in [0.29, 0.717) is 6.42 Å². The Morgan fingerprint density at radius 3 is 2.54 bits per heavy atom. The minimum Gasteiger partial charge on any atom is -0.355 e. The van der Waals surface area contributed by atoms with E-state index < -0.39 is 0 Å². The van der Waals surface area contributed by atoms with Crippen molar-refractivity contribution in [2.45, 2.75) is 31.8 Å². The predicted octanol–water partition coefficient (Wildman–Crippen LogP) is 0.756. The van der Waals surface area contributed by atoms with Gasteiger partial charge in [0.1, 0.15) is 0 Å². The Balaban J connectivity index is 3.41. The average molecular weight is 204 g/mol. The Bertz CT molecular complexity index is 154. The fourth-order valence-corrected chi connectivity index (χ4v) is 0.943. The summed E-state index contributed by atoms with van der Waals surface area (Å²) in [5, 5.41) is 6.00. The lowest BCUT2D eigenvalue weighted by molar-refractivity contribution is -0.121. The maximum Gasteiger partial charge on any atom is 0.220 e. The van der Waals surface area contributed by atoms with Crippen molar-refractivity contribution in [2.24, 2.45) is 0 Å². The summed E-state index contributed by atoms with van der Waals surface area (Å²) in [7, 11) is 4.60. The van der Waals surface area contributed by atoms with Gasteiger partial charge in [-0.25, -0.2) is 0 Å². The molecule has 0 rings (SSSR count). The largest absolute Gasteiger partial charge is 0.355 e. The van der Waals surface area contributed by atoms with Crippen molar-refractivity contribution in [1.29, 1.82) is 0 Å². The number of rotatable bonds is 6. The maximum atomic E-state index is 11.2. The van der Waals surface area contributed by atoms with Crippen LogP contribution >= 0.6 is 9.24 Å². The molecule has 0 spiro atoms. The molecule has 13 heavy (non-hydrogen) atoms. The molecular formula is C9H21N2OP. The molecular weight excluding hydrogens is 183 g/mol. The Hall–Kier alpha value is -0.140. The van der Waals surface area contributed by atoms with E-state index >= 15 is 0 Å². The summed E-state index contributed by atoms with van der Waals surface area (Å²) in [6.45, 7) is 5.77. The van der Waals surface area contributed by atoms with Gasteiger partial charge in [0, 0.05) is 13.0 Å². The van der Waals surface area contributed by atoms with E-state index in [4.69, 9.17) is 0 Å². The molecule has 0 fully saturated rings. The molecule has 0 radical (unpaired) electrons. The smallest absolute Gasteiger partial charge is 0.220 e. The van der Waals surface area contributed by atoms with Gasteiger partial charge in [-0.15, -0.1) is 9.24 Å². The number of hydrogen-bond donors (Lipinski definition) is 2. The van der Waals surface area contributed by atoms with Crippen molar-refractivity contribution in [3.63, 3.8) is 0 Å². The summed E-state index contributed by atoms with van der Waals surface area (Å²) in [5.41, 5.74) is 0. The Labute approximate surface area is 83.2 Å². The summed E-state index contributed by atoms with van der Waals surface area (Å²) >= 11 is 0. The lowest BCUT2D eigenvalue weighted by atomic mass is 10.2. The van der Waals surface area contributed by atoms with Gasteiger partial charge >= 0.3 is 0 Å². The van der Waals surface area contributed by atoms with Crippen LogP contribution in [0.5, 0.6) is 0 Å². The first-order valence-electron chi connectivity index (χ1n) is 4.66. The molecule has 0 aromatic heterocycles. The zero-order chi connectivity index (χ0) is 10.3. The van der Waals surface area contributed by atoms with Crippen LogP contribution in [0.4, 0.5) is 0 Å². The van der Waals surface area contributed by atoms with E-state index in [2.05, 4.69) is 33.7 Å². The zero-order valence-corrected chi connectivity index (χ0v) is 9.97.